The van der Waals surface area contributed by atoms with Crippen LogP contribution in [0.15, 0.2) is 24.3 Å². The van der Waals surface area contributed by atoms with Gasteiger partial charge in [0, 0.05) is 5.69 Å². The highest BCUT2D eigenvalue weighted by Gasteiger charge is 2.70. The molecule has 0 aliphatic rings. The van der Waals surface area contributed by atoms with E-state index in [9.17, 15) is 31.1 Å². The minimum Gasteiger partial charge on any atom is -0.316 e. The van der Waals surface area contributed by atoms with E-state index in [-0.39, 0.29) is 5.69 Å². The maximum absolute atomic E-state index is 12.9. The smallest absolute Gasteiger partial charge is 0.316 e. The Bertz CT molecular complexity index is 524. The summed E-state index contributed by atoms with van der Waals surface area (Å²) in [5.74, 6) is 0. The highest BCUT2D eigenvalue weighted by Crippen LogP contribution is 2.45. The lowest BCUT2D eigenvalue weighted by molar-refractivity contribution is -0.304. The lowest BCUT2D eigenvalue weighted by atomic mass is 9.94. The Labute approximate surface area is 122 Å². The van der Waals surface area contributed by atoms with Gasteiger partial charge in [0.2, 0.25) is 5.54 Å². The zero-order valence-corrected chi connectivity index (χ0v) is 11.7. The number of hydrogen-bond acceptors (Lipinski definition) is 1. The van der Waals surface area contributed by atoms with Gasteiger partial charge in [-0.25, -0.2) is 4.79 Å². The predicted octanol–water partition coefficient (Wildman–Crippen LogP) is 4.39. The highest BCUT2D eigenvalue weighted by molar-refractivity contribution is 5.90. The average molecular weight is 328 g/mol. The number of rotatable bonds is 3. The van der Waals surface area contributed by atoms with Crippen molar-refractivity contribution < 1.29 is 31.1 Å². The van der Waals surface area contributed by atoms with Gasteiger partial charge in [0.15, 0.2) is 0 Å². The third-order valence-corrected chi connectivity index (χ3v) is 3.22. The molecule has 0 aliphatic carbocycles. The summed E-state index contributed by atoms with van der Waals surface area (Å²) in [7, 11) is 0. The number of aryl methyl sites for hydroxylation is 1. The molecule has 0 heterocycles. The van der Waals surface area contributed by atoms with Crippen LogP contribution in [0.1, 0.15) is 18.9 Å². The molecule has 9 heteroatoms. The summed E-state index contributed by atoms with van der Waals surface area (Å²) in [4.78, 5) is 11.6. The Morgan fingerprint density at radius 1 is 1.05 bits per heavy atom. The standard InChI is InChI=1S/C13H14F6N2O/c1-3-11(12(14,15)16,13(17,18)19)21-10(22)20-9-7-5-4-6-8(9)2/h4-7H,3H2,1-2H3,(H2,20,21,22). The second-order valence-electron chi connectivity index (χ2n) is 4.65. The van der Waals surface area contributed by atoms with Gasteiger partial charge in [-0.15, -0.1) is 0 Å². The van der Waals surface area contributed by atoms with E-state index in [1.54, 1.807) is 19.1 Å². The maximum Gasteiger partial charge on any atom is 0.420 e. The van der Waals surface area contributed by atoms with Crippen LogP contribution in [-0.2, 0) is 0 Å². The fourth-order valence-electron chi connectivity index (χ4n) is 1.85. The van der Waals surface area contributed by atoms with Crippen LogP contribution in [0.4, 0.5) is 36.8 Å². The van der Waals surface area contributed by atoms with Crippen molar-refractivity contribution in [2.45, 2.75) is 38.2 Å². The number of halogens is 6. The molecule has 0 aromatic heterocycles. The van der Waals surface area contributed by atoms with Crippen LogP contribution in [-0.4, -0.2) is 23.9 Å². The molecule has 3 nitrogen and oxygen atoms in total. The number of hydrogen-bond donors (Lipinski definition) is 2. The number of urea groups is 1. The van der Waals surface area contributed by atoms with Crippen molar-refractivity contribution in [3.63, 3.8) is 0 Å². The molecule has 0 radical (unpaired) electrons. The molecule has 0 fully saturated rings. The molecule has 1 rings (SSSR count). The van der Waals surface area contributed by atoms with Crippen molar-refractivity contribution in [1.82, 2.24) is 5.32 Å². The summed E-state index contributed by atoms with van der Waals surface area (Å²) in [5, 5.41) is 3.03. The SMILES string of the molecule is CCC(NC(=O)Nc1ccccc1C)(C(F)(F)F)C(F)(F)F. The van der Waals surface area contributed by atoms with Crippen LogP contribution >= 0.6 is 0 Å². The Kier molecular flexibility index (Phi) is 4.99. The van der Waals surface area contributed by atoms with Gasteiger partial charge in [0.25, 0.3) is 0 Å². The molecule has 0 saturated heterocycles. The molecule has 0 bridgehead atoms. The van der Waals surface area contributed by atoms with E-state index in [0.717, 1.165) is 5.32 Å². The Hall–Kier alpha value is -1.93. The van der Waals surface area contributed by atoms with Crippen molar-refractivity contribution in [3.05, 3.63) is 29.8 Å². The minimum absolute atomic E-state index is 0.120. The topological polar surface area (TPSA) is 41.1 Å². The number of alkyl halides is 6. The van der Waals surface area contributed by atoms with Gasteiger partial charge in [-0.1, -0.05) is 25.1 Å². The van der Waals surface area contributed by atoms with E-state index in [1.807, 2.05) is 5.32 Å². The molecule has 0 unspecified atom stereocenters. The summed E-state index contributed by atoms with van der Waals surface area (Å²) in [6, 6.07) is 4.44. The number of nitrogens with one attached hydrogen (secondary N) is 2. The maximum atomic E-state index is 12.9. The molecular formula is C13H14F6N2O. The zero-order valence-electron chi connectivity index (χ0n) is 11.7. The summed E-state index contributed by atoms with van der Waals surface area (Å²) >= 11 is 0. The van der Waals surface area contributed by atoms with Crippen LogP contribution in [0.2, 0.25) is 0 Å². The van der Waals surface area contributed by atoms with E-state index in [0.29, 0.717) is 12.5 Å². The first-order chi connectivity index (χ1) is 9.94. The highest BCUT2D eigenvalue weighted by atomic mass is 19.4. The van der Waals surface area contributed by atoms with Gasteiger partial charge in [0.05, 0.1) is 0 Å². The van der Waals surface area contributed by atoms with E-state index < -0.39 is 30.3 Å². The lowest BCUT2D eigenvalue weighted by Crippen LogP contribution is -2.67. The molecule has 0 atom stereocenters. The molecule has 0 saturated carbocycles. The molecule has 2 N–H and O–H groups in total. The summed E-state index contributed by atoms with van der Waals surface area (Å²) in [6.45, 7) is 2.26. The first-order valence-corrected chi connectivity index (χ1v) is 6.23. The predicted molar refractivity (Wildman–Crippen MR) is 68.5 cm³/mol. The van der Waals surface area contributed by atoms with Gasteiger partial charge >= 0.3 is 18.4 Å². The Morgan fingerprint density at radius 3 is 1.95 bits per heavy atom. The number of carbonyl (C=O) groups excluding carboxylic acids is 1. The number of carbonyl (C=O) groups is 1. The summed E-state index contributed by atoms with van der Waals surface area (Å²) < 4.78 is 77.3. The van der Waals surface area contributed by atoms with E-state index in [1.165, 1.54) is 12.1 Å². The lowest BCUT2D eigenvalue weighted by Gasteiger charge is -2.37. The normalized spacial score (nSPS) is 12.9. The number of anilines is 1. The van der Waals surface area contributed by atoms with Gasteiger partial charge in [0.1, 0.15) is 0 Å². The van der Waals surface area contributed by atoms with Crippen LogP contribution in [0.5, 0.6) is 0 Å². The van der Waals surface area contributed by atoms with Gasteiger partial charge < -0.3 is 10.6 Å². The molecular weight excluding hydrogens is 314 g/mol. The van der Waals surface area contributed by atoms with Gasteiger partial charge in [-0.05, 0) is 25.0 Å². The molecule has 22 heavy (non-hydrogen) atoms. The summed E-state index contributed by atoms with van der Waals surface area (Å²) in [5.41, 5.74) is -3.68. The second kappa shape index (κ2) is 6.05. The molecule has 1 aromatic rings. The molecule has 0 aliphatic heterocycles. The van der Waals surface area contributed by atoms with E-state index in [2.05, 4.69) is 0 Å². The Balaban J connectivity index is 3.06. The van der Waals surface area contributed by atoms with Crippen LogP contribution in [0, 0.1) is 6.92 Å². The zero-order chi connectivity index (χ0) is 17.2. The number of para-hydroxylation sites is 1. The number of benzene rings is 1. The van der Waals surface area contributed by atoms with Crippen molar-refractivity contribution in [2.75, 3.05) is 5.32 Å². The molecule has 124 valence electrons. The van der Waals surface area contributed by atoms with E-state index in [4.69, 9.17) is 0 Å². The average Bonchev–Trinajstić information content (AvgIpc) is 2.35. The minimum atomic E-state index is -5.68. The molecule has 1 aromatic carbocycles. The van der Waals surface area contributed by atoms with Crippen molar-refractivity contribution in [1.29, 1.82) is 0 Å². The van der Waals surface area contributed by atoms with Crippen LogP contribution in [0.25, 0.3) is 0 Å². The number of amides is 2. The third-order valence-electron chi connectivity index (χ3n) is 3.22. The van der Waals surface area contributed by atoms with Crippen molar-refractivity contribution in [3.8, 4) is 0 Å². The first-order valence-electron chi connectivity index (χ1n) is 6.23. The fraction of sp³-hybridized carbons (Fsp3) is 0.462. The fourth-order valence-corrected chi connectivity index (χ4v) is 1.85. The second-order valence-corrected chi connectivity index (χ2v) is 4.65. The third kappa shape index (κ3) is 3.45. The van der Waals surface area contributed by atoms with E-state index >= 15 is 0 Å². The quantitative estimate of drug-likeness (QED) is 0.794. The first kappa shape index (κ1) is 18.1. The summed E-state index contributed by atoms with van der Waals surface area (Å²) in [6.07, 6.45) is -12.7. The monoisotopic (exact) mass is 328 g/mol. The van der Waals surface area contributed by atoms with Crippen LogP contribution in [0.3, 0.4) is 0 Å². The molecule has 0 spiro atoms. The van der Waals surface area contributed by atoms with Crippen LogP contribution < -0.4 is 10.6 Å². The van der Waals surface area contributed by atoms with Crippen molar-refractivity contribution >= 4 is 11.7 Å². The molecule has 2 amide bonds. The van der Waals surface area contributed by atoms with Gasteiger partial charge in [-0.2, -0.15) is 26.3 Å². The Morgan fingerprint density at radius 2 is 1.55 bits per heavy atom. The van der Waals surface area contributed by atoms with Crippen molar-refractivity contribution in [2.24, 2.45) is 0 Å². The van der Waals surface area contributed by atoms with Gasteiger partial charge in [-0.3, -0.25) is 0 Å². The largest absolute Gasteiger partial charge is 0.420 e.